The summed E-state index contributed by atoms with van der Waals surface area (Å²) in [4.78, 5) is 50.7. The number of imide groups is 2. The van der Waals surface area contributed by atoms with E-state index in [9.17, 15) is 19.2 Å². The van der Waals surface area contributed by atoms with E-state index in [1.165, 1.54) is 6.07 Å². The van der Waals surface area contributed by atoms with E-state index in [1.807, 2.05) is 13.0 Å². The minimum Gasteiger partial charge on any atom is -0.423 e. The summed E-state index contributed by atoms with van der Waals surface area (Å²) in [7, 11) is 0. The highest BCUT2D eigenvalue weighted by atomic mass is 16.4. The highest BCUT2D eigenvalue weighted by Crippen LogP contribution is 2.28. The van der Waals surface area contributed by atoms with Crippen LogP contribution in [-0.2, 0) is 16.1 Å². The Kier molecular flexibility index (Phi) is 4.63. The molecule has 0 unspecified atom stereocenters. The Balaban J connectivity index is 2.11. The average Bonchev–Trinajstić information content (AvgIpc) is 2.77. The monoisotopic (exact) mass is 370 g/mol. The number of hydrogen-bond acceptors (Lipinski definition) is 5. The Labute approximate surface area is 156 Å². The number of carbonyl (C=O) groups is 3. The van der Waals surface area contributed by atoms with Gasteiger partial charge in [0, 0.05) is 17.5 Å². The summed E-state index contributed by atoms with van der Waals surface area (Å²) in [6, 6.07) is 3.88. The molecule has 4 amide bonds. The zero-order valence-electron chi connectivity index (χ0n) is 16.0. The number of carbonyl (C=O) groups excluding carboxylic acids is 3. The van der Waals surface area contributed by atoms with Crippen molar-refractivity contribution in [2.24, 2.45) is 0 Å². The van der Waals surface area contributed by atoms with E-state index in [0.717, 1.165) is 20.9 Å². The van der Waals surface area contributed by atoms with Crippen LogP contribution in [0.2, 0.25) is 0 Å². The fourth-order valence-electron chi connectivity index (χ4n) is 3.43. The molecule has 0 aliphatic carbocycles. The first-order chi connectivity index (χ1) is 12.6. The van der Waals surface area contributed by atoms with Gasteiger partial charge in [-0.3, -0.25) is 19.4 Å². The smallest absolute Gasteiger partial charge is 0.336 e. The topological polar surface area (TPSA) is 87.9 Å². The lowest BCUT2D eigenvalue weighted by Crippen LogP contribution is -2.38. The molecule has 0 radical (unpaired) electrons. The number of nitrogens with zero attached hydrogens (tertiary/aromatic N) is 2. The second-order valence-corrected chi connectivity index (χ2v) is 7.39. The quantitative estimate of drug-likeness (QED) is 0.469. The fraction of sp³-hybridized carbons (Fsp3) is 0.400. The Morgan fingerprint density at radius 2 is 1.63 bits per heavy atom. The lowest BCUT2D eigenvalue weighted by Gasteiger charge is -2.19. The van der Waals surface area contributed by atoms with Gasteiger partial charge in [0.2, 0.25) is 0 Å². The zero-order chi connectivity index (χ0) is 20.0. The van der Waals surface area contributed by atoms with Crippen LogP contribution in [-0.4, -0.2) is 33.7 Å². The van der Waals surface area contributed by atoms with Crippen molar-refractivity contribution < 1.29 is 18.8 Å². The minimum absolute atomic E-state index is 0.157. The van der Waals surface area contributed by atoms with Gasteiger partial charge in [-0.05, 0) is 55.5 Å². The van der Waals surface area contributed by atoms with Crippen LogP contribution in [0, 0.1) is 6.92 Å². The van der Waals surface area contributed by atoms with Gasteiger partial charge in [-0.15, -0.1) is 0 Å². The van der Waals surface area contributed by atoms with Gasteiger partial charge in [0.25, 0.3) is 0 Å². The summed E-state index contributed by atoms with van der Waals surface area (Å²) in [5.41, 5.74) is 2.37. The van der Waals surface area contributed by atoms with Gasteiger partial charge in [0.15, 0.2) is 0 Å². The molecule has 7 nitrogen and oxygen atoms in total. The van der Waals surface area contributed by atoms with Crippen molar-refractivity contribution in [3.8, 4) is 0 Å². The van der Waals surface area contributed by atoms with Crippen LogP contribution in [0.25, 0.3) is 11.0 Å². The predicted molar refractivity (Wildman–Crippen MR) is 99.2 cm³/mol. The summed E-state index contributed by atoms with van der Waals surface area (Å²) < 4.78 is 5.30. The molecule has 1 aromatic carbocycles. The highest BCUT2D eigenvalue weighted by Gasteiger charge is 2.45. The van der Waals surface area contributed by atoms with Gasteiger partial charge in [-0.1, -0.05) is 13.8 Å². The Morgan fingerprint density at radius 3 is 2.19 bits per heavy atom. The second kappa shape index (κ2) is 6.64. The number of benzene rings is 1. The van der Waals surface area contributed by atoms with Crippen molar-refractivity contribution in [3.05, 3.63) is 45.3 Å². The molecule has 1 fully saturated rings. The Morgan fingerprint density at radius 1 is 0.963 bits per heavy atom. The average molecular weight is 370 g/mol. The third-order valence-corrected chi connectivity index (χ3v) is 4.77. The van der Waals surface area contributed by atoms with E-state index in [0.29, 0.717) is 16.5 Å². The summed E-state index contributed by atoms with van der Waals surface area (Å²) >= 11 is 0. The lowest BCUT2D eigenvalue weighted by molar-refractivity contribution is -0.144. The first-order valence-electron chi connectivity index (χ1n) is 8.88. The van der Waals surface area contributed by atoms with Crippen LogP contribution in [0.15, 0.2) is 27.4 Å². The van der Waals surface area contributed by atoms with Crippen LogP contribution in [0.5, 0.6) is 0 Å². The van der Waals surface area contributed by atoms with Gasteiger partial charge in [0.05, 0.1) is 6.54 Å². The standard InChI is InChI=1S/C20H22N2O5/c1-10(2)14-8-15-13(7-17(23)27-16(15)6-12(14)5)9-21-18(24)19(25)22(11(3)4)20(21)26/h6-8,10-11H,9H2,1-5H3. The molecule has 1 aliphatic rings. The molecule has 1 saturated heterocycles. The summed E-state index contributed by atoms with van der Waals surface area (Å²) in [5.74, 6) is -1.48. The Hall–Kier alpha value is -2.96. The Bertz CT molecular complexity index is 1020. The molecule has 0 saturated carbocycles. The molecule has 0 atom stereocenters. The van der Waals surface area contributed by atoms with E-state index >= 15 is 0 Å². The van der Waals surface area contributed by atoms with Crippen LogP contribution >= 0.6 is 0 Å². The van der Waals surface area contributed by atoms with Crippen molar-refractivity contribution >= 4 is 28.8 Å². The number of urea groups is 1. The third-order valence-electron chi connectivity index (χ3n) is 4.77. The largest absolute Gasteiger partial charge is 0.423 e. The zero-order valence-corrected chi connectivity index (χ0v) is 16.0. The first-order valence-corrected chi connectivity index (χ1v) is 8.88. The predicted octanol–water partition coefficient (Wildman–Crippen LogP) is 2.92. The summed E-state index contributed by atoms with van der Waals surface area (Å²) in [6.07, 6.45) is 0. The maximum Gasteiger partial charge on any atom is 0.336 e. The number of hydrogen-bond donors (Lipinski definition) is 0. The van der Waals surface area contributed by atoms with E-state index in [1.54, 1.807) is 19.9 Å². The maximum absolute atomic E-state index is 12.5. The van der Waals surface area contributed by atoms with Crippen LogP contribution in [0.3, 0.4) is 0 Å². The van der Waals surface area contributed by atoms with Gasteiger partial charge in [0.1, 0.15) is 5.58 Å². The number of rotatable bonds is 4. The molecular formula is C20H22N2O5. The second-order valence-electron chi connectivity index (χ2n) is 7.39. The molecule has 2 aromatic rings. The minimum atomic E-state index is -0.883. The summed E-state index contributed by atoms with van der Waals surface area (Å²) in [6.45, 7) is 9.22. The van der Waals surface area contributed by atoms with E-state index in [2.05, 4.69) is 13.8 Å². The number of aryl methyl sites for hydroxylation is 1. The molecule has 1 aromatic heterocycles. The molecule has 7 heteroatoms. The molecule has 3 rings (SSSR count). The van der Waals surface area contributed by atoms with E-state index in [-0.39, 0.29) is 12.5 Å². The first kappa shape index (κ1) is 18.8. The molecule has 142 valence electrons. The fourth-order valence-corrected chi connectivity index (χ4v) is 3.43. The highest BCUT2D eigenvalue weighted by molar-refractivity contribution is 6.44. The molecule has 0 spiro atoms. The van der Waals surface area contributed by atoms with Crippen molar-refractivity contribution in [2.75, 3.05) is 0 Å². The lowest BCUT2D eigenvalue weighted by atomic mass is 9.95. The van der Waals surface area contributed by atoms with Gasteiger partial charge >= 0.3 is 23.5 Å². The number of amides is 4. The number of fused-ring (bicyclic) bond motifs is 1. The molecule has 1 aliphatic heterocycles. The van der Waals surface area contributed by atoms with Crippen molar-refractivity contribution in [3.63, 3.8) is 0 Å². The molecule has 0 bridgehead atoms. The molecule has 2 heterocycles. The SMILES string of the molecule is Cc1cc2oc(=O)cc(CN3C(=O)C(=O)N(C(C)C)C3=O)c2cc1C(C)C. The third kappa shape index (κ3) is 3.13. The van der Waals surface area contributed by atoms with Crippen molar-refractivity contribution in [1.29, 1.82) is 0 Å². The molecule has 27 heavy (non-hydrogen) atoms. The summed E-state index contributed by atoms with van der Waals surface area (Å²) in [5, 5.41) is 0.653. The van der Waals surface area contributed by atoms with Crippen LogP contribution < -0.4 is 5.63 Å². The van der Waals surface area contributed by atoms with Gasteiger partial charge < -0.3 is 4.42 Å². The van der Waals surface area contributed by atoms with Gasteiger partial charge in [-0.25, -0.2) is 9.59 Å². The van der Waals surface area contributed by atoms with Crippen LogP contribution in [0.1, 0.15) is 50.3 Å². The molecular weight excluding hydrogens is 348 g/mol. The van der Waals surface area contributed by atoms with Crippen molar-refractivity contribution in [1.82, 2.24) is 9.80 Å². The van der Waals surface area contributed by atoms with Crippen molar-refractivity contribution in [2.45, 2.75) is 53.1 Å². The van der Waals surface area contributed by atoms with Crippen LogP contribution in [0.4, 0.5) is 4.79 Å². The maximum atomic E-state index is 12.5. The molecule has 0 N–H and O–H groups in total. The van der Waals surface area contributed by atoms with E-state index in [4.69, 9.17) is 4.42 Å². The normalized spacial score (nSPS) is 15.1. The van der Waals surface area contributed by atoms with Gasteiger partial charge in [-0.2, -0.15) is 0 Å². The van der Waals surface area contributed by atoms with E-state index < -0.39 is 29.5 Å².